The number of rotatable bonds is 3. The van der Waals surface area contributed by atoms with Gasteiger partial charge in [0.25, 0.3) is 0 Å². The Balaban J connectivity index is 1.90. The molecule has 2 rings (SSSR count). The van der Waals surface area contributed by atoms with Crippen LogP contribution in [0.2, 0.25) is 0 Å². The van der Waals surface area contributed by atoms with E-state index in [9.17, 15) is 9.59 Å². The minimum atomic E-state index is -0.162. The van der Waals surface area contributed by atoms with Gasteiger partial charge in [0.1, 0.15) is 0 Å². The van der Waals surface area contributed by atoms with Crippen LogP contribution in [-0.2, 0) is 11.2 Å². The summed E-state index contributed by atoms with van der Waals surface area (Å²) < 4.78 is 0. The van der Waals surface area contributed by atoms with Gasteiger partial charge >= 0.3 is 6.03 Å². The van der Waals surface area contributed by atoms with E-state index in [0.29, 0.717) is 13.1 Å². The summed E-state index contributed by atoms with van der Waals surface area (Å²) in [4.78, 5) is 25.3. The van der Waals surface area contributed by atoms with Crippen molar-refractivity contribution in [3.05, 3.63) is 29.3 Å². The van der Waals surface area contributed by atoms with Crippen LogP contribution in [0.3, 0.4) is 0 Å². The predicted octanol–water partition coefficient (Wildman–Crippen LogP) is 2.69. The zero-order valence-corrected chi connectivity index (χ0v) is 13.6. The number of carbonyl (C=O) groups excluding carboxylic acids is 2. The van der Waals surface area contributed by atoms with Gasteiger partial charge in [0, 0.05) is 31.7 Å². The number of benzene rings is 1. The number of carbonyl (C=O) groups is 2. The predicted molar refractivity (Wildman–Crippen MR) is 88.0 cm³/mol. The fraction of sp³-hybridized carbons (Fsp3) is 0.529. The first-order valence-corrected chi connectivity index (χ1v) is 7.92. The molecule has 5 heteroatoms. The van der Waals surface area contributed by atoms with Crippen LogP contribution < -0.4 is 10.6 Å². The average Bonchev–Trinajstić information content (AvgIpc) is 2.49. The molecular formula is C17H25N3O2. The van der Waals surface area contributed by atoms with E-state index in [1.165, 1.54) is 0 Å². The fourth-order valence-corrected chi connectivity index (χ4v) is 2.88. The molecule has 0 unspecified atom stereocenters. The highest BCUT2D eigenvalue weighted by Gasteiger charge is 2.22. The van der Waals surface area contributed by atoms with Crippen LogP contribution in [-0.4, -0.2) is 36.0 Å². The molecule has 0 atom stereocenters. The van der Waals surface area contributed by atoms with Gasteiger partial charge in [-0.1, -0.05) is 25.1 Å². The Morgan fingerprint density at radius 3 is 2.55 bits per heavy atom. The van der Waals surface area contributed by atoms with Crippen LogP contribution in [0.15, 0.2) is 18.2 Å². The van der Waals surface area contributed by atoms with Gasteiger partial charge in [-0.2, -0.15) is 0 Å². The molecule has 1 aliphatic heterocycles. The number of piperidine rings is 1. The van der Waals surface area contributed by atoms with E-state index in [-0.39, 0.29) is 18.0 Å². The van der Waals surface area contributed by atoms with Crippen molar-refractivity contribution < 1.29 is 9.59 Å². The van der Waals surface area contributed by atoms with E-state index in [4.69, 9.17) is 0 Å². The molecule has 1 aliphatic rings. The third kappa shape index (κ3) is 4.00. The van der Waals surface area contributed by atoms with Crippen LogP contribution in [0.1, 0.15) is 37.8 Å². The van der Waals surface area contributed by atoms with Crippen molar-refractivity contribution in [2.75, 3.05) is 18.4 Å². The summed E-state index contributed by atoms with van der Waals surface area (Å²) in [5, 5.41) is 6.00. The number of amides is 3. The van der Waals surface area contributed by atoms with Crippen LogP contribution in [0.4, 0.5) is 10.5 Å². The molecule has 120 valence electrons. The summed E-state index contributed by atoms with van der Waals surface area (Å²) in [6.45, 7) is 7.09. The number of hydrogen-bond acceptors (Lipinski definition) is 2. The molecule has 0 radical (unpaired) electrons. The highest BCUT2D eigenvalue weighted by atomic mass is 16.2. The van der Waals surface area contributed by atoms with Gasteiger partial charge in [-0.05, 0) is 37.3 Å². The summed E-state index contributed by atoms with van der Waals surface area (Å²) in [5.74, 6) is 0.107. The van der Waals surface area contributed by atoms with Crippen molar-refractivity contribution in [2.24, 2.45) is 0 Å². The average molecular weight is 303 g/mol. The second-order valence-corrected chi connectivity index (χ2v) is 5.84. The monoisotopic (exact) mass is 303 g/mol. The summed E-state index contributed by atoms with van der Waals surface area (Å²) in [5.41, 5.74) is 3.12. The van der Waals surface area contributed by atoms with Gasteiger partial charge < -0.3 is 15.5 Å². The maximum Gasteiger partial charge on any atom is 0.319 e. The van der Waals surface area contributed by atoms with Gasteiger partial charge in [0.2, 0.25) is 5.91 Å². The van der Waals surface area contributed by atoms with E-state index in [0.717, 1.165) is 36.1 Å². The molecule has 1 aromatic carbocycles. The number of aryl methyl sites for hydroxylation is 2. The summed E-state index contributed by atoms with van der Waals surface area (Å²) in [7, 11) is 0. The first-order chi connectivity index (χ1) is 10.5. The molecule has 0 saturated carbocycles. The molecule has 1 saturated heterocycles. The minimum Gasteiger partial charge on any atom is -0.343 e. The molecule has 3 amide bonds. The number of urea groups is 1. The fourth-order valence-electron chi connectivity index (χ4n) is 2.88. The Morgan fingerprint density at radius 1 is 1.27 bits per heavy atom. The lowest BCUT2D eigenvalue weighted by atomic mass is 10.0. The highest BCUT2D eigenvalue weighted by Crippen LogP contribution is 2.21. The first kappa shape index (κ1) is 16.3. The van der Waals surface area contributed by atoms with Gasteiger partial charge in [-0.15, -0.1) is 0 Å². The normalized spacial score (nSPS) is 15.5. The standard InChI is InChI=1S/C17H25N3O2/c1-4-14-7-5-6-12(2)16(14)19-17(22)18-15-8-10-20(11-9-15)13(3)21/h5-7,15H,4,8-11H2,1-3H3,(H2,18,19,22). The molecule has 22 heavy (non-hydrogen) atoms. The van der Waals surface area contributed by atoms with Crippen LogP contribution in [0.5, 0.6) is 0 Å². The van der Waals surface area contributed by atoms with Gasteiger partial charge in [0.15, 0.2) is 0 Å². The molecule has 0 spiro atoms. The number of nitrogens with zero attached hydrogens (tertiary/aromatic N) is 1. The van der Waals surface area contributed by atoms with Gasteiger partial charge in [-0.3, -0.25) is 4.79 Å². The van der Waals surface area contributed by atoms with Crippen LogP contribution in [0, 0.1) is 6.92 Å². The molecule has 0 aliphatic carbocycles. The molecule has 0 aromatic heterocycles. The van der Waals surface area contributed by atoms with Crippen molar-refractivity contribution in [1.82, 2.24) is 10.2 Å². The van der Waals surface area contributed by atoms with E-state index in [1.807, 2.05) is 30.0 Å². The van der Waals surface area contributed by atoms with E-state index < -0.39 is 0 Å². The van der Waals surface area contributed by atoms with E-state index >= 15 is 0 Å². The first-order valence-electron chi connectivity index (χ1n) is 7.92. The van der Waals surface area contributed by atoms with Crippen molar-refractivity contribution in [1.29, 1.82) is 0 Å². The summed E-state index contributed by atoms with van der Waals surface area (Å²) >= 11 is 0. The second-order valence-electron chi connectivity index (χ2n) is 5.84. The third-order valence-electron chi connectivity index (χ3n) is 4.25. The molecule has 2 N–H and O–H groups in total. The Bertz CT molecular complexity index is 549. The highest BCUT2D eigenvalue weighted by molar-refractivity contribution is 5.91. The third-order valence-corrected chi connectivity index (χ3v) is 4.25. The SMILES string of the molecule is CCc1cccc(C)c1NC(=O)NC1CCN(C(C)=O)CC1. The molecule has 1 aromatic rings. The topological polar surface area (TPSA) is 61.4 Å². The quantitative estimate of drug-likeness (QED) is 0.902. The number of hydrogen-bond donors (Lipinski definition) is 2. The lowest BCUT2D eigenvalue weighted by Crippen LogP contribution is -2.47. The molecule has 0 bridgehead atoms. The van der Waals surface area contributed by atoms with Crippen molar-refractivity contribution in [2.45, 2.75) is 46.1 Å². The number of nitrogens with one attached hydrogen (secondary N) is 2. The number of likely N-dealkylation sites (tertiary alicyclic amines) is 1. The van der Waals surface area contributed by atoms with Gasteiger partial charge in [0.05, 0.1) is 0 Å². The smallest absolute Gasteiger partial charge is 0.319 e. The Kier molecular flexibility index (Phi) is 5.41. The number of para-hydroxylation sites is 1. The second kappa shape index (κ2) is 7.29. The van der Waals surface area contributed by atoms with Crippen molar-refractivity contribution in [3.63, 3.8) is 0 Å². The minimum absolute atomic E-state index is 0.107. The maximum atomic E-state index is 12.2. The summed E-state index contributed by atoms with van der Waals surface area (Å²) in [6.07, 6.45) is 2.50. The number of anilines is 1. The largest absolute Gasteiger partial charge is 0.343 e. The molecular weight excluding hydrogens is 278 g/mol. The zero-order valence-electron chi connectivity index (χ0n) is 13.6. The van der Waals surface area contributed by atoms with E-state index in [1.54, 1.807) is 6.92 Å². The molecule has 1 fully saturated rings. The van der Waals surface area contributed by atoms with Gasteiger partial charge in [-0.25, -0.2) is 4.79 Å². The zero-order chi connectivity index (χ0) is 16.1. The Morgan fingerprint density at radius 2 is 1.95 bits per heavy atom. The van der Waals surface area contributed by atoms with Crippen molar-refractivity contribution in [3.8, 4) is 0 Å². The maximum absolute atomic E-state index is 12.2. The molecule has 1 heterocycles. The Hall–Kier alpha value is -2.04. The lowest BCUT2D eigenvalue weighted by Gasteiger charge is -2.31. The van der Waals surface area contributed by atoms with Crippen molar-refractivity contribution >= 4 is 17.6 Å². The summed E-state index contributed by atoms with van der Waals surface area (Å²) in [6, 6.07) is 6.01. The van der Waals surface area contributed by atoms with Crippen LogP contribution >= 0.6 is 0 Å². The Labute approximate surface area is 132 Å². The van der Waals surface area contributed by atoms with E-state index in [2.05, 4.69) is 17.6 Å². The van der Waals surface area contributed by atoms with Crippen LogP contribution in [0.25, 0.3) is 0 Å². The lowest BCUT2D eigenvalue weighted by molar-refractivity contribution is -0.129. The molecule has 5 nitrogen and oxygen atoms in total.